The van der Waals surface area contributed by atoms with Crippen molar-refractivity contribution in [2.24, 2.45) is 0 Å². The molecule has 2 heterocycles. The van der Waals surface area contributed by atoms with Gasteiger partial charge in [0.15, 0.2) is 5.82 Å². The van der Waals surface area contributed by atoms with Gasteiger partial charge in [0.1, 0.15) is 5.69 Å². The summed E-state index contributed by atoms with van der Waals surface area (Å²) in [6, 6.07) is 15.4. The molecular formula is C17H14ClN3. The Kier molecular flexibility index (Phi) is 3.67. The zero-order valence-corrected chi connectivity index (χ0v) is 12.6. The average Bonchev–Trinajstić information content (AvgIpc) is 2.47. The number of rotatable bonds is 2. The highest BCUT2D eigenvalue weighted by Crippen LogP contribution is 2.22. The molecular weight excluding hydrogens is 282 g/mol. The van der Waals surface area contributed by atoms with E-state index in [4.69, 9.17) is 11.6 Å². The number of hydrogen-bond acceptors (Lipinski definition) is 3. The smallest absolute Gasteiger partial charge is 0.178 e. The molecule has 0 amide bonds. The molecule has 0 saturated heterocycles. The normalized spacial score (nSPS) is 10.6. The lowest BCUT2D eigenvalue weighted by Gasteiger charge is -2.06. The first kappa shape index (κ1) is 13.7. The van der Waals surface area contributed by atoms with E-state index >= 15 is 0 Å². The van der Waals surface area contributed by atoms with Crippen LogP contribution in [0.25, 0.3) is 22.8 Å². The van der Waals surface area contributed by atoms with Crippen LogP contribution in [-0.2, 0) is 0 Å². The molecule has 1 aromatic carbocycles. The minimum absolute atomic E-state index is 0.656. The van der Waals surface area contributed by atoms with Crippen molar-refractivity contribution in [3.05, 3.63) is 64.9 Å². The maximum atomic E-state index is 5.92. The highest BCUT2D eigenvalue weighted by Gasteiger charge is 2.07. The quantitative estimate of drug-likeness (QED) is 0.700. The largest absolute Gasteiger partial charge is 0.244 e. The molecule has 0 spiro atoms. The van der Waals surface area contributed by atoms with Crippen molar-refractivity contribution >= 4 is 11.6 Å². The van der Waals surface area contributed by atoms with Crippen LogP contribution in [-0.4, -0.2) is 15.0 Å². The molecule has 3 nitrogen and oxygen atoms in total. The number of aryl methyl sites for hydroxylation is 2. The van der Waals surface area contributed by atoms with Crippen LogP contribution in [0.15, 0.2) is 48.5 Å². The van der Waals surface area contributed by atoms with Gasteiger partial charge < -0.3 is 0 Å². The molecule has 0 saturated carbocycles. The van der Waals surface area contributed by atoms with Gasteiger partial charge in [-0.25, -0.2) is 15.0 Å². The molecule has 0 aliphatic rings. The Labute approximate surface area is 128 Å². The second kappa shape index (κ2) is 5.62. The van der Waals surface area contributed by atoms with Gasteiger partial charge in [-0.15, -0.1) is 0 Å². The Morgan fingerprint density at radius 3 is 2.05 bits per heavy atom. The summed E-state index contributed by atoms with van der Waals surface area (Å²) in [5.74, 6) is 0.656. The van der Waals surface area contributed by atoms with Crippen LogP contribution in [0, 0.1) is 13.8 Å². The van der Waals surface area contributed by atoms with Crippen molar-refractivity contribution in [3.63, 3.8) is 0 Å². The predicted molar refractivity (Wildman–Crippen MR) is 85.2 cm³/mol. The molecule has 3 aromatic rings. The van der Waals surface area contributed by atoms with E-state index in [2.05, 4.69) is 15.0 Å². The molecule has 0 bridgehead atoms. The summed E-state index contributed by atoms with van der Waals surface area (Å²) in [5, 5.41) is 0.715. The van der Waals surface area contributed by atoms with Gasteiger partial charge in [-0.2, -0.15) is 0 Å². The Hall–Kier alpha value is -2.26. The van der Waals surface area contributed by atoms with E-state index in [-0.39, 0.29) is 0 Å². The third-order valence-corrected chi connectivity index (χ3v) is 3.35. The summed E-state index contributed by atoms with van der Waals surface area (Å²) >= 11 is 5.92. The molecule has 0 unspecified atom stereocenters. The van der Waals surface area contributed by atoms with Gasteiger partial charge in [-0.05, 0) is 44.2 Å². The maximum absolute atomic E-state index is 5.92. The average molecular weight is 296 g/mol. The Morgan fingerprint density at radius 1 is 0.762 bits per heavy atom. The van der Waals surface area contributed by atoms with Crippen LogP contribution in [0.2, 0.25) is 5.02 Å². The van der Waals surface area contributed by atoms with E-state index < -0.39 is 0 Å². The van der Waals surface area contributed by atoms with E-state index in [1.54, 1.807) is 0 Å². The monoisotopic (exact) mass is 295 g/mol. The van der Waals surface area contributed by atoms with Crippen LogP contribution in [0.3, 0.4) is 0 Å². The summed E-state index contributed by atoms with van der Waals surface area (Å²) in [4.78, 5) is 13.6. The second-order valence-electron chi connectivity index (χ2n) is 4.89. The van der Waals surface area contributed by atoms with E-state index in [0.717, 1.165) is 28.3 Å². The second-order valence-corrected chi connectivity index (χ2v) is 5.33. The Morgan fingerprint density at radius 2 is 1.38 bits per heavy atom. The fraction of sp³-hybridized carbons (Fsp3) is 0.118. The lowest BCUT2D eigenvalue weighted by Crippen LogP contribution is -1.97. The predicted octanol–water partition coefficient (Wildman–Crippen LogP) is 4.48. The number of halogens is 1. The minimum atomic E-state index is 0.656. The maximum Gasteiger partial charge on any atom is 0.178 e. The van der Waals surface area contributed by atoms with E-state index in [1.807, 2.05) is 62.4 Å². The highest BCUT2D eigenvalue weighted by molar-refractivity contribution is 6.30. The van der Waals surface area contributed by atoms with Crippen molar-refractivity contribution in [2.45, 2.75) is 13.8 Å². The first-order valence-corrected chi connectivity index (χ1v) is 7.05. The number of benzene rings is 1. The molecule has 0 fully saturated rings. The zero-order valence-electron chi connectivity index (χ0n) is 11.8. The summed E-state index contributed by atoms with van der Waals surface area (Å²) in [7, 11) is 0. The Balaban J connectivity index is 2.05. The zero-order chi connectivity index (χ0) is 14.8. The molecule has 0 aliphatic carbocycles. The number of nitrogens with zero attached hydrogens (tertiary/aromatic N) is 3. The van der Waals surface area contributed by atoms with Crippen molar-refractivity contribution in [1.29, 1.82) is 0 Å². The first-order valence-electron chi connectivity index (χ1n) is 6.67. The van der Waals surface area contributed by atoms with Gasteiger partial charge in [0, 0.05) is 22.0 Å². The fourth-order valence-corrected chi connectivity index (χ4v) is 2.31. The van der Waals surface area contributed by atoms with Crippen LogP contribution in [0.4, 0.5) is 0 Å². The molecule has 0 N–H and O–H groups in total. The van der Waals surface area contributed by atoms with Gasteiger partial charge in [0.2, 0.25) is 0 Å². The summed E-state index contributed by atoms with van der Waals surface area (Å²) < 4.78 is 0. The van der Waals surface area contributed by atoms with E-state index in [9.17, 15) is 0 Å². The third kappa shape index (κ3) is 3.09. The third-order valence-electron chi connectivity index (χ3n) is 3.10. The molecule has 2 aromatic heterocycles. The van der Waals surface area contributed by atoms with Gasteiger partial charge >= 0.3 is 0 Å². The van der Waals surface area contributed by atoms with Crippen molar-refractivity contribution in [1.82, 2.24) is 15.0 Å². The number of aromatic nitrogens is 3. The van der Waals surface area contributed by atoms with E-state index in [0.29, 0.717) is 10.8 Å². The van der Waals surface area contributed by atoms with Crippen LogP contribution in [0.5, 0.6) is 0 Å². The van der Waals surface area contributed by atoms with Crippen molar-refractivity contribution < 1.29 is 0 Å². The standard InChI is InChI=1S/C17H14ClN3/c1-11-10-12(2)20-17(19-11)16-5-3-4-15(21-16)13-6-8-14(18)9-7-13/h3-10H,1-2H3. The number of hydrogen-bond donors (Lipinski definition) is 0. The molecule has 21 heavy (non-hydrogen) atoms. The first-order chi connectivity index (χ1) is 10.1. The fourth-order valence-electron chi connectivity index (χ4n) is 2.18. The molecule has 3 rings (SSSR count). The molecule has 4 heteroatoms. The molecule has 0 radical (unpaired) electrons. The van der Waals surface area contributed by atoms with Crippen molar-refractivity contribution in [2.75, 3.05) is 0 Å². The summed E-state index contributed by atoms with van der Waals surface area (Å²) in [6.07, 6.45) is 0. The Bertz CT molecular complexity index is 762. The van der Waals surface area contributed by atoms with Crippen LogP contribution in [0.1, 0.15) is 11.4 Å². The number of pyridine rings is 1. The van der Waals surface area contributed by atoms with Crippen LogP contribution >= 0.6 is 11.6 Å². The lowest BCUT2D eigenvalue weighted by atomic mass is 10.1. The molecule has 0 atom stereocenters. The summed E-state index contributed by atoms with van der Waals surface area (Å²) in [5.41, 5.74) is 4.55. The highest BCUT2D eigenvalue weighted by atomic mass is 35.5. The lowest BCUT2D eigenvalue weighted by molar-refractivity contribution is 1.05. The van der Waals surface area contributed by atoms with Gasteiger partial charge in [-0.3, -0.25) is 0 Å². The van der Waals surface area contributed by atoms with Gasteiger partial charge in [0.25, 0.3) is 0 Å². The van der Waals surface area contributed by atoms with Crippen LogP contribution < -0.4 is 0 Å². The van der Waals surface area contributed by atoms with Gasteiger partial charge in [0.05, 0.1) is 5.69 Å². The molecule has 104 valence electrons. The molecule has 0 aliphatic heterocycles. The van der Waals surface area contributed by atoms with Gasteiger partial charge in [-0.1, -0.05) is 29.8 Å². The SMILES string of the molecule is Cc1cc(C)nc(-c2cccc(-c3ccc(Cl)cc3)n2)n1. The van der Waals surface area contributed by atoms with E-state index in [1.165, 1.54) is 0 Å². The topological polar surface area (TPSA) is 38.7 Å². The minimum Gasteiger partial charge on any atom is -0.244 e. The van der Waals surface area contributed by atoms with Crippen molar-refractivity contribution in [3.8, 4) is 22.8 Å². The summed E-state index contributed by atoms with van der Waals surface area (Å²) in [6.45, 7) is 3.92.